The fourth-order valence-corrected chi connectivity index (χ4v) is 1.79. The molecule has 4 nitrogen and oxygen atoms in total. The summed E-state index contributed by atoms with van der Waals surface area (Å²) in [4.78, 5) is 23.6. The first-order valence-electron chi connectivity index (χ1n) is 4.31. The lowest BCUT2D eigenvalue weighted by molar-refractivity contribution is -0.147. The SMILES string of the molecule is O=C(O)C1CCCN1C(=O)C(Cl)CCl. The van der Waals surface area contributed by atoms with Gasteiger partial charge >= 0.3 is 5.97 Å². The molecule has 14 heavy (non-hydrogen) atoms. The molecule has 0 aromatic carbocycles. The van der Waals surface area contributed by atoms with Gasteiger partial charge in [-0.15, -0.1) is 23.2 Å². The maximum atomic E-state index is 11.5. The van der Waals surface area contributed by atoms with Crippen LogP contribution in [-0.4, -0.2) is 45.7 Å². The van der Waals surface area contributed by atoms with Crippen molar-refractivity contribution in [3.05, 3.63) is 0 Å². The van der Waals surface area contributed by atoms with E-state index in [9.17, 15) is 9.59 Å². The van der Waals surface area contributed by atoms with Gasteiger partial charge in [0.2, 0.25) is 5.91 Å². The Morgan fingerprint density at radius 2 is 2.21 bits per heavy atom. The molecule has 1 fully saturated rings. The zero-order valence-corrected chi connectivity index (χ0v) is 8.96. The highest BCUT2D eigenvalue weighted by Gasteiger charge is 2.36. The highest BCUT2D eigenvalue weighted by atomic mass is 35.5. The van der Waals surface area contributed by atoms with Crippen molar-refractivity contribution < 1.29 is 14.7 Å². The number of hydrogen-bond donors (Lipinski definition) is 1. The van der Waals surface area contributed by atoms with Gasteiger partial charge in [0.15, 0.2) is 0 Å². The van der Waals surface area contributed by atoms with E-state index in [2.05, 4.69) is 0 Å². The van der Waals surface area contributed by atoms with E-state index >= 15 is 0 Å². The first-order valence-corrected chi connectivity index (χ1v) is 5.28. The number of aliphatic carboxylic acids is 1. The smallest absolute Gasteiger partial charge is 0.326 e. The van der Waals surface area contributed by atoms with Crippen molar-refractivity contribution in [2.75, 3.05) is 12.4 Å². The highest BCUT2D eigenvalue weighted by molar-refractivity contribution is 6.36. The number of carbonyl (C=O) groups is 2. The Morgan fingerprint density at radius 1 is 1.57 bits per heavy atom. The normalized spacial score (nSPS) is 23.6. The van der Waals surface area contributed by atoms with Crippen molar-refractivity contribution in [3.8, 4) is 0 Å². The largest absolute Gasteiger partial charge is 0.480 e. The number of alkyl halides is 2. The van der Waals surface area contributed by atoms with Crippen LogP contribution >= 0.6 is 23.2 Å². The monoisotopic (exact) mass is 239 g/mol. The van der Waals surface area contributed by atoms with Crippen molar-refractivity contribution in [3.63, 3.8) is 0 Å². The second-order valence-electron chi connectivity index (χ2n) is 3.15. The molecule has 0 aromatic rings. The molecule has 2 unspecified atom stereocenters. The van der Waals surface area contributed by atoms with Crippen molar-refractivity contribution in [2.24, 2.45) is 0 Å². The quantitative estimate of drug-likeness (QED) is 0.746. The maximum absolute atomic E-state index is 11.5. The van der Waals surface area contributed by atoms with Gasteiger partial charge in [0.25, 0.3) is 0 Å². The number of rotatable bonds is 3. The molecule has 1 saturated heterocycles. The van der Waals surface area contributed by atoms with Crippen LogP contribution in [0.5, 0.6) is 0 Å². The molecule has 0 aromatic heterocycles. The number of carbonyl (C=O) groups excluding carboxylic acids is 1. The Kier molecular flexibility index (Phi) is 4.01. The van der Waals surface area contributed by atoms with Crippen LogP contribution in [0.2, 0.25) is 0 Å². The van der Waals surface area contributed by atoms with Gasteiger partial charge in [-0.2, -0.15) is 0 Å². The number of nitrogens with zero attached hydrogens (tertiary/aromatic N) is 1. The summed E-state index contributed by atoms with van der Waals surface area (Å²) in [5.74, 6) is -1.36. The van der Waals surface area contributed by atoms with Gasteiger partial charge < -0.3 is 10.0 Å². The van der Waals surface area contributed by atoms with Crippen LogP contribution in [0.1, 0.15) is 12.8 Å². The molecule has 1 heterocycles. The van der Waals surface area contributed by atoms with E-state index in [1.54, 1.807) is 0 Å². The molecular weight excluding hydrogens is 229 g/mol. The number of amides is 1. The minimum absolute atomic E-state index is 0.00320. The summed E-state index contributed by atoms with van der Waals surface area (Å²) in [5, 5.41) is 7.99. The molecule has 2 atom stereocenters. The Bertz CT molecular complexity index is 247. The molecule has 0 bridgehead atoms. The minimum atomic E-state index is -0.978. The molecule has 0 saturated carbocycles. The molecule has 6 heteroatoms. The number of carboxylic acid groups (broad SMARTS) is 1. The van der Waals surface area contributed by atoms with Gasteiger partial charge in [0, 0.05) is 12.4 Å². The van der Waals surface area contributed by atoms with Crippen molar-refractivity contribution >= 4 is 35.1 Å². The predicted octanol–water partition coefficient (Wildman–Crippen LogP) is 0.908. The lowest BCUT2D eigenvalue weighted by Gasteiger charge is -2.22. The van der Waals surface area contributed by atoms with Gasteiger partial charge in [-0.25, -0.2) is 4.79 Å². The Morgan fingerprint density at radius 3 is 2.71 bits per heavy atom. The third kappa shape index (κ3) is 2.30. The molecule has 1 rings (SSSR count). The average molecular weight is 240 g/mol. The van der Waals surface area contributed by atoms with Crippen LogP contribution in [0, 0.1) is 0 Å². The van der Waals surface area contributed by atoms with E-state index < -0.39 is 17.4 Å². The third-order valence-electron chi connectivity index (χ3n) is 2.22. The van der Waals surface area contributed by atoms with E-state index in [0.29, 0.717) is 19.4 Å². The third-order valence-corrected chi connectivity index (χ3v) is 3.03. The Labute approximate surface area is 91.8 Å². The molecule has 0 aliphatic carbocycles. The van der Waals surface area contributed by atoms with Crippen molar-refractivity contribution in [2.45, 2.75) is 24.3 Å². The second-order valence-corrected chi connectivity index (χ2v) is 3.99. The first-order chi connectivity index (χ1) is 6.57. The molecular formula is C8H11Cl2NO3. The van der Waals surface area contributed by atoms with Crippen LogP contribution < -0.4 is 0 Å². The topological polar surface area (TPSA) is 57.6 Å². The Hall–Kier alpha value is -0.480. The molecule has 80 valence electrons. The van der Waals surface area contributed by atoms with E-state index in [-0.39, 0.29) is 11.8 Å². The zero-order valence-electron chi connectivity index (χ0n) is 7.45. The van der Waals surface area contributed by atoms with Gasteiger partial charge in [-0.3, -0.25) is 4.79 Å². The van der Waals surface area contributed by atoms with E-state index in [1.807, 2.05) is 0 Å². The Balaban J connectivity index is 2.67. The summed E-state index contributed by atoms with van der Waals surface area (Å²) in [6, 6.07) is -0.730. The summed E-state index contributed by atoms with van der Waals surface area (Å²) in [7, 11) is 0. The molecule has 0 radical (unpaired) electrons. The molecule has 1 aliphatic rings. The summed E-state index contributed by atoms with van der Waals surface area (Å²) < 4.78 is 0. The molecule has 1 amide bonds. The van der Waals surface area contributed by atoms with E-state index in [1.165, 1.54) is 4.90 Å². The van der Waals surface area contributed by atoms with Crippen LogP contribution in [0.3, 0.4) is 0 Å². The molecule has 1 aliphatic heterocycles. The average Bonchev–Trinajstić information content (AvgIpc) is 2.63. The van der Waals surface area contributed by atoms with Gasteiger partial charge in [-0.1, -0.05) is 0 Å². The van der Waals surface area contributed by atoms with Crippen LogP contribution in [0.25, 0.3) is 0 Å². The van der Waals surface area contributed by atoms with Gasteiger partial charge in [0.1, 0.15) is 11.4 Å². The molecule has 1 N–H and O–H groups in total. The van der Waals surface area contributed by atoms with Crippen molar-refractivity contribution in [1.82, 2.24) is 4.90 Å². The summed E-state index contributed by atoms with van der Waals surface area (Å²) in [6.07, 6.45) is 1.20. The fourth-order valence-electron chi connectivity index (χ4n) is 1.53. The number of hydrogen-bond acceptors (Lipinski definition) is 2. The van der Waals surface area contributed by atoms with Crippen molar-refractivity contribution in [1.29, 1.82) is 0 Å². The minimum Gasteiger partial charge on any atom is -0.480 e. The number of halogens is 2. The maximum Gasteiger partial charge on any atom is 0.326 e. The second kappa shape index (κ2) is 4.84. The van der Waals surface area contributed by atoms with E-state index in [4.69, 9.17) is 28.3 Å². The first kappa shape index (κ1) is 11.6. The number of carboxylic acids is 1. The highest BCUT2D eigenvalue weighted by Crippen LogP contribution is 2.20. The summed E-state index contributed by atoms with van der Waals surface area (Å²) >= 11 is 11.1. The van der Waals surface area contributed by atoms with Crippen LogP contribution in [0.15, 0.2) is 0 Å². The number of likely N-dealkylation sites (tertiary alicyclic amines) is 1. The summed E-state index contributed by atoms with van der Waals surface area (Å²) in [6.45, 7) is 0.454. The van der Waals surface area contributed by atoms with E-state index in [0.717, 1.165) is 0 Å². The lowest BCUT2D eigenvalue weighted by atomic mass is 10.2. The van der Waals surface area contributed by atoms with Crippen LogP contribution in [-0.2, 0) is 9.59 Å². The van der Waals surface area contributed by atoms with Gasteiger partial charge in [0.05, 0.1) is 0 Å². The fraction of sp³-hybridized carbons (Fsp3) is 0.750. The van der Waals surface area contributed by atoms with Crippen LogP contribution in [0.4, 0.5) is 0 Å². The van der Waals surface area contributed by atoms with Gasteiger partial charge in [-0.05, 0) is 12.8 Å². The predicted molar refractivity (Wildman–Crippen MR) is 52.7 cm³/mol. The lowest BCUT2D eigenvalue weighted by Crippen LogP contribution is -2.44. The standard InChI is InChI=1S/C8H11Cl2NO3/c9-4-5(10)7(12)11-3-1-2-6(11)8(13)14/h5-6H,1-4H2,(H,13,14). The molecule has 0 spiro atoms. The zero-order chi connectivity index (χ0) is 10.7. The summed E-state index contributed by atoms with van der Waals surface area (Å²) in [5.41, 5.74) is 0.